The van der Waals surface area contributed by atoms with Gasteiger partial charge in [-0.15, -0.1) is 12.4 Å². The molecule has 5 nitrogen and oxygen atoms in total. The molecule has 1 aromatic rings. The van der Waals surface area contributed by atoms with Crippen LogP contribution in [0.3, 0.4) is 0 Å². The molecule has 0 fully saturated rings. The largest absolute Gasteiger partial charge is 0.324 e. The molecule has 0 saturated heterocycles. The van der Waals surface area contributed by atoms with Crippen LogP contribution < -0.4 is 16.0 Å². The van der Waals surface area contributed by atoms with Crippen LogP contribution in [-0.4, -0.2) is 23.9 Å². The van der Waals surface area contributed by atoms with E-state index in [2.05, 4.69) is 5.32 Å². The highest BCUT2D eigenvalue weighted by Gasteiger charge is 2.28. The molecule has 1 atom stereocenters. The number of nitrogens with one attached hydrogen (secondary N) is 1. The minimum absolute atomic E-state index is 0. The number of hydrogen-bond acceptors (Lipinski definition) is 3. The van der Waals surface area contributed by atoms with Crippen LogP contribution in [0, 0.1) is 0 Å². The molecule has 3 N–H and O–H groups in total. The summed E-state index contributed by atoms with van der Waals surface area (Å²) in [7, 11) is 0. The summed E-state index contributed by atoms with van der Waals surface area (Å²) in [6.45, 7) is 6.02. The average molecular weight is 326 g/mol. The number of carbonyl (C=O) groups is 2. The van der Waals surface area contributed by atoms with Gasteiger partial charge in [0.15, 0.2) is 0 Å². The Bertz CT molecular complexity index is 573. The van der Waals surface area contributed by atoms with Gasteiger partial charge in [0.05, 0.1) is 5.54 Å². The van der Waals surface area contributed by atoms with Gasteiger partial charge in [0.1, 0.15) is 0 Å². The van der Waals surface area contributed by atoms with Crippen molar-refractivity contribution in [3.63, 3.8) is 0 Å². The topological polar surface area (TPSA) is 75.4 Å². The second-order valence-corrected chi connectivity index (χ2v) is 5.89. The molecule has 1 unspecified atom stereocenters. The molecule has 1 aromatic carbocycles. The number of amides is 2. The number of hydrogen-bond donors (Lipinski definition) is 2. The molecule has 2 rings (SSSR count). The first-order valence-corrected chi connectivity index (χ1v) is 7.36. The van der Waals surface area contributed by atoms with Crippen molar-refractivity contribution in [1.82, 2.24) is 0 Å². The normalized spacial score (nSPS) is 15.5. The lowest BCUT2D eigenvalue weighted by molar-refractivity contribution is -0.121. The summed E-state index contributed by atoms with van der Waals surface area (Å²) < 4.78 is 0. The zero-order valence-electron chi connectivity index (χ0n) is 13.3. The summed E-state index contributed by atoms with van der Waals surface area (Å²) in [6, 6.07) is 5.63. The highest BCUT2D eigenvalue weighted by molar-refractivity contribution is 5.99. The van der Waals surface area contributed by atoms with Crippen LogP contribution in [0.2, 0.25) is 0 Å². The molecule has 0 spiro atoms. The molecular weight excluding hydrogens is 302 g/mol. The monoisotopic (exact) mass is 325 g/mol. The van der Waals surface area contributed by atoms with E-state index in [0.717, 1.165) is 29.8 Å². The van der Waals surface area contributed by atoms with Crippen LogP contribution in [0.15, 0.2) is 18.2 Å². The van der Waals surface area contributed by atoms with Gasteiger partial charge < -0.3 is 16.0 Å². The Hall–Kier alpha value is -1.59. The number of carbonyl (C=O) groups excluding carboxylic acids is 2. The summed E-state index contributed by atoms with van der Waals surface area (Å²) in [4.78, 5) is 25.5. The van der Waals surface area contributed by atoms with Gasteiger partial charge in [0, 0.05) is 24.8 Å². The molecule has 6 heteroatoms. The predicted octanol–water partition coefficient (Wildman–Crippen LogP) is 2.47. The first-order valence-electron chi connectivity index (χ1n) is 7.36. The van der Waals surface area contributed by atoms with Crippen molar-refractivity contribution in [3.8, 4) is 0 Å². The molecule has 0 radical (unpaired) electrons. The van der Waals surface area contributed by atoms with Crippen LogP contribution in [0.4, 0.5) is 11.4 Å². The molecule has 22 heavy (non-hydrogen) atoms. The first-order chi connectivity index (χ1) is 9.85. The summed E-state index contributed by atoms with van der Waals surface area (Å²) >= 11 is 0. The molecule has 122 valence electrons. The summed E-state index contributed by atoms with van der Waals surface area (Å²) in [5.41, 5.74) is 7.92. The molecule has 1 aliphatic rings. The van der Waals surface area contributed by atoms with E-state index in [1.54, 1.807) is 18.7 Å². The number of nitrogens with zero attached hydrogens (tertiary/aromatic N) is 1. The van der Waals surface area contributed by atoms with Crippen LogP contribution in [-0.2, 0) is 16.0 Å². The molecule has 0 bridgehead atoms. The van der Waals surface area contributed by atoms with Gasteiger partial charge in [-0.2, -0.15) is 0 Å². The van der Waals surface area contributed by atoms with E-state index in [1.807, 2.05) is 25.1 Å². The lowest BCUT2D eigenvalue weighted by atomic mass is 9.96. The summed E-state index contributed by atoms with van der Waals surface area (Å²) in [5.74, 6) is -0.131. The van der Waals surface area contributed by atoms with Crippen LogP contribution in [0.1, 0.15) is 39.2 Å². The maximum absolute atomic E-state index is 12.2. The second-order valence-electron chi connectivity index (χ2n) is 5.89. The van der Waals surface area contributed by atoms with Crippen molar-refractivity contribution >= 4 is 35.6 Å². The Morgan fingerprint density at radius 3 is 2.68 bits per heavy atom. The number of halogens is 1. The fraction of sp³-hybridized carbons (Fsp3) is 0.500. The fourth-order valence-electron chi connectivity index (χ4n) is 2.71. The van der Waals surface area contributed by atoms with Crippen molar-refractivity contribution in [2.24, 2.45) is 5.73 Å². The summed E-state index contributed by atoms with van der Waals surface area (Å²) in [6.07, 6.45) is 2.31. The van der Waals surface area contributed by atoms with Gasteiger partial charge in [-0.25, -0.2) is 0 Å². The van der Waals surface area contributed by atoms with E-state index in [9.17, 15) is 9.59 Å². The number of rotatable bonds is 4. The predicted molar refractivity (Wildman–Crippen MR) is 91.6 cm³/mol. The standard InChI is InChI=1S/C16H23N3O2.ClH/c1-4-8-16(3,17)15(21)18-13-5-6-14-12(10-13)7-9-19(14)11(2)20;/h5-6,10H,4,7-9,17H2,1-3H3,(H,18,21);1H. The van der Waals surface area contributed by atoms with Gasteiger partial charge in [-0.3, -0.25) is 9.59 Å². The van der Waals surface area contributed by atoms with E-state index in [0.29, 0.717) is 13.0 Å². The quantitative estimate of drug-likeness (QED) is 0.893. The van der Waals surface area contributed by atoms with Gasteiger partial charge >= 0.3 is 0 Å². The third kappa shape index (κ3) is 3.78. The SMILES string of the molecule is CCCC(C)(N)C(=O)Nc1ccc2c(c1)CCN2C(C)=O.Cl. The lowest BCUT2D eigenvalue weighted by Gasteiger charge is -2.23. The van der Waals surface area contributed by atoms with Crippen LogP contribution in [0.25, 0.3) is 0 Å². The Morgan fingerprint density at radius 2 is 2.09 bits per heavy atom. The maximum atomic E-state index is 12.2. The molecule has 1 heterocycles. The van der Waals surface area contributed by atoms with Gasteiger partial charge in [0.2, 0.25) is 11.8 Å². The number of benzene rings is 1. The Balaban J connectivity index is 0.00000242. The first kappa shape index (κ1) is 18.5. The highest BCUT2D eigenvalue weighted by Crippen LogP contribution is 2.30. The Kier molecular flexibility index (Phi) is 5.97. The number of nitrogens with two attached hydrogens (primary N) is 1. The molecule has 0 aliphatic carbocycles. The molecule has 2 amide bonds. The summed E-state index contributed by atoms with van der Waals surface area (Å²) in [5, 5.41) is 2.87. The fourth-order valence-corrected chi connectivity index (χ4v) is 2.71. The molecular formula is C16H24ClN3O2. The van der Waals surface area contributed by atoms with E-state index in [4.69, 9.17) is 5.73 Å². The molecule has 1 aliphatic heterocycles. The minimum Gasteiger partial charge on any atom is -0.324 e. The van der Waals surface area contributed by atoms with Crippen molar-refractivity contribution < 1.29 is 9.59 Å². The second kappa shape index (κ2) is 7.11. The minimum atomic E-state index is -0.862. The van der Waals surface area contributed by atoms with Crippen LogP contribution >= 0.6 is 12.4 Å². The van der Waals surface area contributed by atoms with E-state index in [-0.39, 0.29) is 24.2 Å². The third-order valence-corrected chi connectivity index (χ3v) is 3.90. The van der Waals surface area contributed by atoms with E-state index in [1.165, 1.54) is 0 Å². The Morgan fingerprint density at radius 1 is 1.41 bits per heavy atom. The van der Waals surface area contributed by atoms with Crippen molar-refractivity contribution in [2.75, 3.05) is 16.8 Å². The smallest absolute Gasteiger partial charge is 0.244 e. The molecule has 0 aromatic heterocycles. The van der Waals surface area contributed by atoms with Crippen LogP contribution in [0.5, 0.6) is 0 Å². The lowest BCUT2D eigenvalue weighted by Crippen LogP contribution is -2.48. The zero-order valence-corrected chi connectivity index (χ0v) is 14.1. The van der Waals surface area contributed by atoms with Crippen molar-refractivity contribution in [1.29, 1.82) is 0 Å². The van der Waals surface area contributed by atoms with E-state index >= 15 is 0 Å². The number of anilines is 2. The Labute approximate surface area is 137 Å². The van der Waals surface area contributed by atoms with Gasteiger partial charge in [-0.1, -0.05) is 13.3 Å². The van der Waals surface area contributed by atoms with Crippen molar-refractivity contribution in [2.45, 2.75) is 45.6 Å². The average Bonchev–Trinajstić information content (AvgIpc) is 2.81. The van der Waals surface area contributed by atoms with Gasteiger partial charge in [-0.05, 0) is 43.5 Å². The third-order valence-electron chi connectivity index (χ3n) is 3.90. The van der Waals surface area contributed by atoms with Crippen molar-refractivity contribution in [3.05, 3.63) is 23.8 Å². The van der Waals surface area contributed by atoms with Gasteiger partial charge in [0.25, 0.3) is 0 Å². The molecule has 0 saturated carbocycles. The number of fused-ring (bicyclic) bond motifs is 1. The highest BCUT2D eigenvalue weighted by atomic mass is 35.5. The zero-order chi connectivity index (χ0) is 15.6. The van der Waals surface area contributed by atoms with E-state index < -0.39 is 5.54 Å². The maximum Gasteiger partial charge on any atom is 0.244 e.